The summed E-state index contributed by atoms with van der Waals surface area (Å²) < 4.78 is 0. The molecule has 0 aliphatic carbocycles. The Hall–Kier alpha value is -1.57. The molecule has 1 aromatic carbocycles. The van der Waals surface area contributed by atoms with Crippen molar-refractivity contribution in [3.8, 4) is 0 Å². The van der Waals surface area contributed by atoms with Crippen LogP contribution >= 0.6 is 0 Å². The summed E-state index contributed by atoms with van der Waals surface area (Å²) in [6.45, 7) is 1.94. The van der Waals surface area contributed by atoms with Crippen molar-refractivity contribution in [3.05, 3.63) is 59.6 Å². The molecule has 0 atom stereocenters. The second-order valence-corrected chi connectivity index (χ2v) is 3.36. The van der Waals surface area contributed by atoms with Gasteiger partial charge >= 0.3 is 84.2 Å². The Kier molecular flexibility index (Phi) is 2.64. The molecular formula is C12H12BN. The van der Waals surface area contributed by atoms with Crippen molar-refractivity contribution in [3.63, 3.8) is 0 Å². The van der Waals surface area contributed by atoms with Gasteiger partial charge in [0.1, 0.15) is 0 Å². The van der Waals surface area contributed by atoms with Crippen LogP contribution in [0, 0.1) is 0 Å². The van der Waals surface area contributed by atoms with Gasteiger partial charge in [0.15, 0.2) is 0 Å². The Labute approximate surface area is 84.8 Å². The third-order valence-corrected chi connectivity index (χ3v) is 2.29. The van der Waals surface area contributed by atoms with E-state index < -0.39 is 0 Å². The SMILES string of the molecule is Nc1bcccc1Cc1ccccc1. The first-order valence-corrected chi connectivity index (χ1v) is 4.73. The summed E-state index contributed by atoms with van der Waals surface area (Å²) in [5, 5.41) is 0. The number of hydrogen-bond donors (Lipinski definition) is 1. The van der Waals surface area contributed by atoms with Gasteiger partial charge in [0.25, 0.3) is 0 Å². The third kappa shape index (κ3) is 2.02. The van der Waals surface area contributed by atoms with Crippen molar-refractivity contribution in [1.82, 2.24) is 0 Å². The second-order valence-electron chi connectivity index (χ2n) is 3.36. The molecule has 2 heteroatoms. The third-order valence-electron chi connectivity index (χ3n) is 2.29. The molecule has 2 N–H and O–H groups in total. The second kappa shape index (κ2) is 4.10. The molecule has 0 saturated heterocycles. The van der Waals surface area contributed by atoms with Crippen LogP contribution in [-0.4, -0.2) is 6.91 Å². The van der Waals surface area contributed by atoms with Crippen LogP contribution in [0.3, 0.4) is 0 Å². The zero-order chi connectivity index (χ0) is 9.80. The summed E-state index contributed by atoms with van der Waals surface area (Å²) in [6.07, 6.45) is 0.910. The van der Waals surface area contributed by atoms with Crippen molar-refractivity contribution < 1.29 is 0 Å². The van der Waals surface area contributed by atoms with Gasteiger partial charge in [-0.05, 0) is 0 Å². The average molecular weight is 181 g/mol. The zero-order valence-corrected chi connectivity index (χ0v) is 7.98. The Morgan fingerprint density at radius 2 is 1.79 bits per heavy atom. The van der Waals surface area contributed by atoms with Gasteiger partial charge in [-0.15, -0.1) is 0 Å². The summed E-state index contributed by atoms with van der Waals surface area (Å²) >= 11 is 0. The van der Waals surface area contributed by atoms with Crippen molar-refractivity contribution in [1.29, 1.82) is 0 Å². The molecule has 0 radical (unpaired) electrons. The van der Waals surface area contributed by atoms with Crippen molar-refractivity contribution in [2.45, 2.75) is 6.42 Å². The van der Waals surface area contributed by atoms with Gasteiger partial charge in [0.2, 0.25) is 0 Å². The number of anilines is 1. The molecule has 0 aliphatic heterocycles. The maximum absolute atomic E-state index is 5.87. The van der Waals surface area contributed by atoms with E-state index in [1.165, 1.54) is 11.1 Å². The summed E-state index contributed by atoms with van der Waals surface area (Å²) in [5.41, 5.74) is 9.23. The van der Waals surface area contributed by atoms with Gasteiger partial charge in [-0.2, -0.15) is 0 Å². The number of nitrogens with two attached hydrogens (primary N) is 1. The first kappa shape index (κ1) is 9.01. The Morgan fingerprint density at radius 1 is 1.00 bits per heavy atom. The van der Waals surface area contributed by atoms with E-state index >= 15 is 0 Å². The summed E-state index contributed by atoms with van der Waals surface area (Å²) in [7, 11) is 0. The molecule has 14 heavy (non-hydrogen) atoms. The average Bonchev–Trinajstić information content (AvgIpc) is 2.23. The van der Waals surface area contributed by atoms with E-state index in [1.807, 2.05) is 25.0 Å². The monoisotopic (exact) mass is 181 g/mol. The van der Waals surface area contributed by atoms with Crippen LogP contribution in [0.15, 0.2) is 48.4 Å². The van der Waals surface area contributed by atoms with Gasteiger partial charge in [-0.25, -0.2) is 0 Å². The van der Waals surface area contributed by atoms with Gasteiger partial charge in [0, 0.05) is 0 Å². The normalized spacial score (nSPS) is 9.71. The van der Waals surface area contributed by atoms with Crippen molar-refractivity contribution in [2.75, 3.05) is 5.73 Å². The number of nitrogen functional groups attached to an aromatic ring is 1. The van der Waals surface area contributed by atoms with Gasteiger partial charge < -0.3 is 0 Å². The molecule has 0 saturated carbocycles. The predicted octanol–water partition coefficient (Wildman–Crippen LogP) is 2.20. The van der Waals surface area contributed by atoms with Gasteiger partial charge in [0.05, 0.1) is 0 Å². The topological polar surface area (TPSA) is 26.0 Å². The van der Waals surface area contributed by atoms with E-state index in [9.17, 15) is 0 Å². The molecule has 0 aliphatic rings. The van der Waals surface area contributed by atoms with Gasteiger partial charge in [-0.3, -0.25) is 0 Å². The van der Waals surface area contributed by atoms with Gasteiger partial charge in [-0.1, -0.05) is 0 Å². The van der Waals surface area contributed by atoms with E-state index in [2.05, 4.69) is 30.3 Å². The quantitative estimate of drug-likeness (QED) is 0.754. The van der Waals surface area contributed by atoms with E-state index in [0.717, 1.165) is 12.0 Å². The van der Waals surface area contributed by atoms with E-state index in [4.69, 9.17) is 5.73 Å². The van der Waals surface area contributed by atoms with Crippen LogP contribution in [-0.2, 0) is 6.42 Å². The standard InChI is InChI=1S/C12H12BN/c14-12-11(7-4-8-13-12)9-10-5-2-1-3-6-10/h1-8H,9,14H2. The fourth-order valence-electron chi connectivity index (χ4n) is 1.51. The minimum atomic E-state index is 0.872. The van der Waals surface area contributed by atoms with Crippen LogP contribution in [0.1, 0.15) is 11.1 Å². The molecule has 1 heterocycles. The Balaban J connectivity index is 2.24. The summed E-state index contributed by atoms with van der Waals surface area (Å²) in [4.78, 5) is 0. The molecule has 2 rings (SSSR count). The first-order chi connectivity index (χ1) is 6.86. The van der Waals surface area contributed by atoms with Crippen molar-refractivity contribution >= 4 is 12.5 Å². The molecule has 1 nitrogen and oxygen atoms in total. The molecule has 0 unspecified atom stereocenters. The Bertz CT molecular complexity index is 412. The molecule has 0 bridgehead atoms. The maximum atomic E-state index is 5.87. The van der Waals surface area contributed by atoms with E-state index in [-0.39, 0.29) is 0 Å². The van der Waals surface area contributed by atoms with E-state index in [1.54, 1.807) is 0 Å². The molecule has 1 aromatic heterocycles. The van der Waals surface area contributed by atoms with Crippen LogP contribution in [0.5, 0.6) is 0 Å². The van der Waals surface area contributed by atoms with Crippen LogP contribution in [0.4, 0.5) is 5.58 Å². The number of benzene rings is 1. The number of rotatable bonds is 2. The Morgan fingerprint density at radius 3 is 2.50 bits per heavy atom. The summed E-state index contributed by atoms with van der Waals surface area (Å²) in [5.74, 6) is 1.96. The fourth-order valence-corrected chi connectivity index (χ4v) is 1.51. The van der Waals surface area contributed by atoms with Crippen molar-refractivity contribution in [2.24, 2.45) is 0 Å². The zero-order valence-electron chi connectivity index (χ0n) is 7.98. The molecule has 0 spiro atoms. The van der Waals surface area contributed by atoms with Crippen LogP contribution < -0.4 is 5.73 Å². The molecular weight excluding hydrogens is 169 g/mol. The molecule has 2 aromatic rings. The molecule has 68 valence electrons. The van der Waals surface area contributed by atoms with Crippen LogP contribution in [0.2, 0.25) is 0 Å². The predicted molar refractivity (Wildman–Crippen MR) is 61.4 cm³/mol. The van der Waals surface area contributed by atoms with Crippen LogP contribution in [0.25, 0.3) is 0 Å². The summed E-state index contributed by atoms with van der Waals surface area (Å²) in [6, 6.07) is 14.5. The molecule has 0 amide bonds. The fraction of sp³-hybridized carbons (Fsp3) is 0.0833. The van der Waals surface area contributed by atoms with E-state index in [0.29, 0.717) is 0 Å². The minimum absolute atomic E-state index is 0.872. The first-order valence-electron chi connectivity index (χ1n) is 4.73. The number of hydrogen-bond acceptors (Lipinski definition) is 1. The molecule has 0 fully saturated rings.